The van der Waals surface area contributed by atoms with Gasteiger partial charge in [-0.15, -0.1) is 0 Å². The van der Waals surface area contributed by atoms with Crippen LogP contribution in [0, 0.1) is 5.92 Å². The Bertz CT molecular complexity index is 708. The third-order valence-corrected chi connectivity index (χ3v) is 4.50. The van der Waals surface area contributed by atoms with E-state index in [2.05, 4.69) is 15.5 Å². The van der Waals surface area contributed by atoms with E-state index >= 15 is 0 Å². The van der Waals surface area contributed by atoms with E-state index in [0.29, 0.717) is 16.9 Å². The number of anilines is 1. The number of carbonyl (C=O) groups excluding carboxylic acids is 1. The van der Waals surface area contributed by atoms with Gasteiger partial charge in [0.1, 0.15) is 0 Å². The molecular formula is C17H21ClN4O2. The van der Waals surface area contributed by atoms with Crippen molar-refractivity contribution in [2.24, 2.45) is 5.92 Å². The van der Waals surface area contributed by atoms with E-state index in [9.17, 15) is 4.79 Å². The van der Waals surface area contributed by atoms with Gasteiger partial charge in [-0.1, -0.05) is 42.7 Å². The molecule has 128 valence electrons. The van der Waals surface area contributed by atoms with Crippen LogP contribution in [0.15, 0.2) is 28.8 Å². The minimum atomic E-state index is 0.0450. The van der Waals surface area contributed by atoms with E-state index < -0.39 is 0 Å². The molecule has 1 saturated heterocycles. The van der Waals surface area contributed by atoms with E-state index in [1.807, 2.05) is 36.9 Å². The van der Waals surface area contributed by atoms with Gasteiger partial charge in [0, 0.05) is 30.6 Å². The van der Waals surface area contributed by atoms with Crippen molar-refractivity contribution in [3.8, 4) is 11.4 Å². The van der Waals surface area contributed by atoms with Crippen molar-refractivity contribution < 1.29 is 9.32 Å². The second-order valence-electron chi connectivity index (χ2n) is 6.30. The lowest BCUT2D eigenvalue weighted by Crippen LogP contribution is -2.44. The number of halogens is 1. The van der Waals surface area contributed by atoms with Crippen molar-refractivity contribution in [3.05, 3.63) is 29.3 Å². The molecule has 3 rings (SSSR count). The third-order valence-electron chi connectivity index (χ3n) is 4.17. The Labute approximate surface area is 146 Å². The monoisotopic (exact) mass is 348 g/mol. The van der Waals surface area contributed by atoms with Crippen molar-refractivity contribution in [2.75, 3.05) is 18.4 Å². The van der Waals surface area contributed by atoms with Crippen molar-refractivity contribution in [1.29, 1.82) is 0 Å². The normalized spacial score (nSPS) is 15.8. The molecule has 24 heavy (non-hydrogen) atoms. The summed E-state index contributed by atoms with van der Waals surface area (Å²) in [6.07, 6.45) is 1.73. The van der Waals surface area contributed by atoms with Gasteiger partial charge >= 0.3 is 6.01 Å². The summed E-state index contributed by atoms with van der Waals surface area (Å²) in [5.74, 6) is 0.728. The maximum atomic E-state index is 12.0. The van der Waals surface area contributed by atoms with Gasteiger partial charge in [0.2, 0.25) is 11.7 Å². The van der Waals surface area contributed by atoms with Gasteiger partial charge in [0.05, 0.1) is 5.02 Å². The quantitative estimate of drug-likeness (QED) is 0.916. The first-order chi connectivity index (χ1) is 11.5. The first-order valence-electron chi connectivity index (χ1n) is 8.18. The van der Waals surface area contributed by atoms with Gasteiger partial charge in [-0.05, 0) is 25.0 Å². The van der Waals surface area contributed by atoms with E-state index in [-0.39, 0.29) is 17.9 Å². The highest BCUT2D eigenvalue weighted by Gasteiger charge is 2.25. The fourth-order valence-electron chi connectivity index (χ4n) is 2.82. The zero-order valence-corrected chi connectivity index (χ0v) is 14.6. The molecule has 7 heteroatoms. The van der Waals surface area contributed by atoms with E-state index in [1.54, 1.807) is 6.07 Å². The maximum Gasteiger partial charge on any atom is 0.322 e. The summed E-state index contributed by atoms with van der Waals surface area (Å²) in [7, 11) is 0. The molecule has 0 spiro atoms. The number of likely N-dealkylation sites (tertiary alicyclic amines) is 1. The van der Waals surface area contributed by atoms with Crippen LogP contribution in [0.25, 0.3) is 11.4 Å². The predicted octanol–water partition coefficient (Wildman–Crippen LogP) is 3.45. The lowest BCUT2D eigenvalue weighted by atomic mass is 10.0. The summed E-state index contributed by atoms with van der Waals surface area (Å²) in [5, 5.41) is 7.83. The number of carbonyl (C=O) groups is 1. The Hall–Kier alpha value is -2.08. The molecule has 0 radical (unpaired) electrons. The summed E-state index contributed by atoms with van der Waals surface area (Å²) < 4.78 is 5.28. The van der Waals surface area contributed by atoms with Crippen LogP contribution < -0.4 is 5.32 Å². The van der Waals surface area contributed by atoms with E-state index in [4.69, 9.17) is 16.1 Å². The Morgan fingerprint density at radius 2 is 2.04 bits per heavy atom. The second kappa shape index (κ2) is 7.21. The number of nitrogens with one attached hydrogen (secondary N) is 1. The number of nitrogens with zero attached hydrogens (tertiary/aromatic N) is 3. The Balaban J connectivity index is 1.59. The SMILES string of the molecule is CC(C)C(=O)N1CCC(Nc2nc(-c3ccccc3Cl)no2)CC1. The highest BCUT2D eigenvalue weighted by atomic mass is 35.5. The Morgan fingerprint density at radius 3 is 2.71 bits per heavy atom. The van der Waals surface area contributed by atoms with E-state index in [1.165, 1.54) is 0 Å². The fraction of sp³-hybridized carbons (Fsp3) is 0.471. The molecule has 1 fully saturated rings. The zero-order valence-electron chi connectivity index (χ0n) is 13.8. The summed E-state index contributed by atoms with van der Waals surface area (Å²) in [5.41, 5.74) is 0.744. The van der Waals surface area contributed by atoms with Crippen LogP contribution in [-0.2, 0) is 4.79 Å². The summed E-state index contributed by atoms with van der Waals surface area (Å²) in [6.45, 7) is 5.36. The highest BCUT2D eigenvalue weighted by molar-refractivity contribution is 6.33. The lowest BCUT2D eigenvalue weighted by Gasteiger charge is -2.33. The van der Waals surface area contributed by atoms with E-state index in [0.717, 1.165) is 31.5 Å². The lowest BCUT2D eigenvalue weighted by molar-refractivity contribution is -0.135. The van der Waals surface area contributed by atoms with Gasteiger partial charge in [-0.25, -0.2) is 0 Å². The number of piperidine rings is 1. The number of amides is 1. The molecule has 0 aliphatic carbocycles. The summed E-state index contributed by atoms with van der Waals surface area (Å²) >= 11 is 6.15. The Morgan fingerprint density at radius 1 is 1.33 bits per heavy atom. The van der Waals surface area contributed by atoms with Gasteiger partial charge in [-0.3, -0.25) is 4.79 Å². The zero-order chi connectivity index (χ0) is 17.1. The van der Waals surface area contributed by atoms with Gasteiger partial charge in [0.25, 0.3) is 0 Å². The Kier molecular flexibility index (Phi) is 5.04. The van der Waals surface area contributed by atoms with Crippen LogP contribution in [0.2, 0.25) is 5.02 Å². The predicted molar refractivity (Wildman–Crippen MR) is 92.8 cm³/mol. The third kappa shape index (κ3) is 3.70. The molecule has 0 atom stereocenters. The van der Waals surface area contributed by atoms with Crippen molar-refractivity contribution in [1.82, 2.24) is 15.0 Å². The molecule has 1 aromatic carbocycles. The first kappa shape index (κ1) is 16.8. The topological polar surface area (TPSA) is 71.3 Å². The molecule has 0 unspecified atom stereocenters. The first-order valence-corrected chi connectivity index (χ1v) is 8.56. The van der Waals surface area contributed by atoms with Crippen LogP contribution in [0.4, 0.5) is 6.01 Å². The molecule has 0 bridgehead atoms. The maximum absolute atomic E-state index is 12.0. The molecule has 1 aromatic heterocycles. The van der Waals surface area contributed by atoms with Crippen LogP contribution in [0.1, 0.15) is 26.7 Å². The average Bonchev–Trinajstić information content (AvgIpc) is 3.03. The minimum absolute atomic E-state index is 0.0450. The smallest absolute Gasteiger partial charge is 0.322 e. The van der Waals surface area contributed by atoms with Gasteiger partial charge in [0.15, 0.2) is 0 Å². The number of benzene rings is 1. The molecule has 1 aliphatic heterocycles. The van der Waals surface area contributed by atoms with Crippen LogP contribution in [-0.4, -0.2) is 40.1 Å². The van der Waals surface area contributed by atoms with Crippen molar-refractivity contribution in [2.45, 2.75) is 32.7 Å². The fourth-order valence-corrected chi connectivity index (χ4v) is 3.04. The largest absolute Gasteiger partial charge is 0.342 e. The van der Waals surface area contributed by atoms with Gasteiger partial charge in [-0.2, -0.15) is 4.98 Å². The van der Waals surface area contributed by atoms with Crippen LogP contribution in [0.3, 0.4) is 0 Å². The molecule has 1 amide bonds. The highest BCUT2D eigenvalue weighted by Crippen LogP contribution is 2.26. The second-order valence-corrected chi connectivity index (χ2v) is 6.71. The van der Waals surface area contributed by atoms with Crippen LogP contribution >= 0.6 is 11.6 Å². The molecule has 2 heterocycles. The molecular weight excluding hydrogens is 328 g/mol. The number of rotatable bonds is 4. The average molecular weight is 349 g/mol. The standard InChI is InChI=1S/C17H21ClN4O2/c1-11(2)16(23)22-9-7-12(8-10-22)19-17-20-15(21-24-17)13-5-3-4-6-14(13)18/h3-6,11-12H,7-10H2,1-2H3,(H,19,20,21). The number of aromatic nitrogens is 2. The number of hydrogen-bond donors (Lipinski definition) is 1. The van der Waals surface area contributed by atoms with Crippen molar-refractivity contribution >= 4 is 23.5 Å². The molecule has 6 nitrogen and oxygen atoms in total. The van der Waals surface area contributed by atoms with Crippen molar-refractivity contribution in [3.63, 3.8) is 0 Å². The molecule has 1 N–H and O–H groups in total. The van der Waals surface area contributed by atoms with Crippen LogP contribution in [0.5, 0.6) is 0 Å². The summed E-state index contributed by atoms with van der Waals surface area (Å²) in [4.78, 5) is 18.3. The molecule has 0 saturated carbocycles. The number of hydrogen-bond acceptors (Lipinski definition) is 5. The minimum Gasteiger partial charge on any atom is -0.342 e. The van der Waals surface area contributed by atoms with Gasteiger partial charge < -0.3 is 14.7 Å². The molecule has 1 aliphatic rings. The molecule has 2 aromatic rings. The summed E-state index contributed by atoms with van der Waals surface area (Å²) in [6, 6.07) is 8.00.